The van der Waals surface area contributed by atoms with Crippen LogP contribution in [0.5, 0.6) is 0 Å². The maximum absolute atomic E-state index is 4.79. The second kappa shape index (κ2) is 4.24. The quantitative estimate of drug-likeness (QED) is 0.834. The van der Waals surface area contributed by atoms with Crippen molar-refractivity contribution in [3.8, 4) is 10.6 Å². The maximum Gasteiger partial charge on any atom is 0.124 e. The summed E-state index contributed by atoms with van der Waals surface area (Å²) >= 11 is 1.83. The van der Waals surface area contributed by atoms with Crippen LogP contribution in [-0.4, -0.2) is 11.5 Å². The topological polar surface area (TPSA) is 24.9 Å². The van der Waals surface area contributed by atoms with Crippen LogP contribution in [0.1, 0.15) is 21.7 Å². The fourth-order valence-corrected chi connectivity index (χ4v) is 3.46. The number of nitrogens with one attached hydrogen (secondary N) is 1. The van der Waals surface area contributed by atoms with Gasteiger partial charge < -0.3 is 5.32 Å². The zero-order valence-electron chi connectivity index (χ0n) is 10.2. The molecule has 3 heteroatoms. The number of aromatic nitrogens is 1. The minimum absolute atomic E-state index is 0.984. The lowest BCUT2D eigenvalue weighted by molar-refractivity contribution is 0.644. The van der Waals surface area contributed by atoms with Crippen molar-refractivity contribution in [2.45, 2.75) is 26.8 Å². The van der Waals surface area contributed by atoms with Gasteiger partial charge >= 0.3 is 0 Å². The normalized spacial score (nSPS) is 14.7. The van der Waals surface area contributed by atoms with Crippen molar-refractivity contribution in [2.24, 2.45) is 0 Å². The summed E-state index contributed by atoms with van der Waals surface area (Å²) in [7, 11) is 0. The molecule has 1 aromatic carbocycles. The van der Waals surface area contributed by atoms with Crippen molar-refractivity contribution in [3.05, 3.63) is 39.9 Å². The fraction of sp³-hybridized carbons (Fsp3) is 0.357. The summed E-state index contributed by atoms with van der Waals surface area (Å²) in [6.45, 7) is 6.34. The highest BCUT2D eigenvalue weighted by atomic mass is 32.1. The summed E-state index contributed by atoms with van der Waals surface area (Å²) in [5.74, 6) is 0. The Morgan fingerprint density at radius 3 is 2.94 bits per heavy atom. The minimum atomic E-state index is 0.984. The third kappa shape index (κ3) is 2.01. The highest BCUT2D eigenvalue weighted by molar-refractivity contribution is 7.15. The predicted molar refractivity (Wildman–Crippen MR) is 72.4 cm³/mol. The molecule has 3 rings (SSSR count). The van der Waals surface area contributed by atoms with Gasteiger partial charge in [0.25, 0.3) is 0 Å². The van der Waals surface area contributed by atoms with Crippen LogP contribution in [0.15, 0.2) is 18.2 Å². The molecular formula is C14H16N2S. The number of benzene rings is 1. The van der Waals surface area contributed by atoms with Gasteiger partial charge in [0.1, 0.15) is 5.01 Å². The molecule has 0 saturated carbocycles. The molecule has 2 nitrogen and oxygen atoms in total. The number of rotatable bonds is 1. The lowest BCUT2D eigenvalue weighted by atomic mass is 10.1. The van der Waals surface area contributed by atoms with Gasteiger partial charge in [-0.05, 0) is 19.4 Å². The molecule has 0 fully saturated rings. The van der Waals surface area contributed by atoms with E-state index in [1.807, 2.05) is 11.3 Å². The van der Waals surface area contributed by atoms with Crippen molar-refractivity contribution in [3.63, 3.8) is 0 Å². The van der Waals surface area contributed by atoms with Crippen LogP contribution in [0.3, 0.4) is 0 Å². The van der Waals surface area contributed by atoms with Gasteiger partial charge in [0.15, 0.2) is 0 Å². The van der Waals surface area contributed by atoms with Crippen LogP contribution in [0, 0.1) is 13.8 Å². The van der Waals surface area contributed by atoms with Crippen molar-refractivity contribution in [2.75, 3.05) is 6.54 Å². The average molecular weight is 244 g/mol. The SMILES string of the molecule is Cc1ccc(-c2nc3c(s2)CNCC3)c(C)c1. The molecular weight excluding hydrogens is 228 g/mol. The smallest absolute Gasteiger partial charge is 0.124 e. The molecule has 0 radical (unpaired) electrons. The number of hydrogen-bond acceptors (Lipinski definition) is 3. The van der Waals surface area contributed by atoms with Crippen LogP contribution in [0.25, 0.3) is 10.6 Å². The number of fused-ring (bicyclic) bond motifs is 1. The van der Waals surface area contributed by atoms with E-state index in [0.29, 0.717) is 0 Å². The Balaban J connectivity index is 2.06. The van der Waals surface area contributed by atoms with Crippen molar-refractivity contribution in [1.29, 1.82) is 0 Å². The van der Waals surface area contributed by atoms with E-state index in [9.17, 15) is 0 Å². The number of thiazole rings is 1. The molecule has 17 heavy (non-hydrogen) atoms. The largest absolute Gasteiger partial charge is 0.311 e. The molecule has 1 N–H and O–H groups in total. The highest BCUT2D eigenvalue weighted by Crippen LogP contribution is 2.31. The van der Waals surface area contributed by atoms with Crippen molar-refractivity contribution >= 4 is 11.3 Å². The van der Waals surface area contributed by atoms with Gasteiger partial charge in [-0.1, -0.05) is 23.8 Å². The van der Waals surface area contributed by atoms with E-state index >= 15 is 0 Å². The summed E-state index contributed by atoms with van der Waals surface area (Å²) in [5.41, 5.74) is 5.22. The van der Waals surface area contributed by atoms with E-state index in [-0.39, 0.29) is 0 Å². The third-order valence-corrected chi connectivity index (χ3v) is 4.35. The number of aryl methyl sites for hydroxylation is 2. The Morgan fingerprint density at radius 2 is 2.18 bits per heavy atom. The number of nitrogens with zero attached hydrogens (tertiary/aromatic N) is 1. The molecule has 1 aliphatic heterocycles. The van der Waals surface area contributed by atoms with Gasteiger partial charge in [-0.15, -0.1) is 11.3 Å². The first-order valence-corrected chi connectivity index (χ1v) is 6.82. The zero-order valence-corrected chi connectivity index (χ0v) is 11.0. The van der Waals surface area contributed by atoms with Gasteiger partial charge in [-0.25, -0.2) is 4.98 Å². The molecule has 0 amide bonds. The van der Waals surface area contributed by atoms with Crippen LogP contribution in [0.4, 0.5) is 0 Å². The molecule has 0 unspecified atom stereocenters. The first-order valence-electron chi connectivity index (χ1n) is 6.01. The Bertz CT molecular complexity index is 534. The fourth-order valence-electron chi connectivity index (χ4n) is 2.29. The minimum Gasteiger partial charge on any atom is -0.311 e. The lowest BCUT2D eigenvalue weighted by Crippen LogP contribution is -2.22. The zero-order chi connectivity index (χ0) is 11.8. The molecule has 2 heterocycles. The molecule has 1 aromatic heterocycles. The van der Waals surface area contributed by atoms with E-state index in [2.05, 4.69) is 37.4 Å². The van der Waals surface area contributed by atoms with Crippen LogP contribution in [0.2, 0.25) is 0 Å². The molecule has 0 atom stereocenters. The van der Waals surface area contributed by atoms with E-state index in [1.165, 1.54) is 32.3 Å². The van der Waals surface area contributed by atoms with E-state index < -0.39 is 0 Å². The first kappa shape index (κ1) is 10.9. The summed E-state index contributed by atoms with van der Waals surface area (Å²) in [6.07, 6.45) is 1.07. The van der Waals surface area contributed by atoms with Gasteiger partial charge in [0, 0.05) is 30.0 Å². The summed E-state index contributed by atoms with van der Waals surface area (Å²) in [5, 5.41) is 4.58. The third-order valence-electron chi connectivity index (χ3n) is 3.21. The first-order chi connectivity index (χ1) is 8.24. The lowest BCUT2D eigenvalue weighted by Gasteiger charge is -2.09. The summed E-state index contributed by atoms with van der Waals surface area (Å²) in [6, 6.07) is 6.59. The van der Waals surface area contributed by atoms with Gasteiger partial charge in [0.2, 0.25) is 0 Å². The second-order valence-electron chi connectivity index (χ2n) is 4.63. The Hall–Kier alpha value is -1.19. The molecule has 88 valence electrons. The van der Waals surface area contributed by atoms with Crippen LogP contribution >= 0.6 is 11.3 Å². The monoisotopic (exact) mass is 244 g/mol. The van der Waals surface area contributed by atoms with Gasteiger partial charge in [0.05, 0.1) is 5.69 Å². The maximum atomic E-state index is 4.79. The molecule has 2 aromatic rings. The number of hydrogen-bond donors (Lipinski definition) is 1. The van der Waals surface area contributed by atoms with Crippen molar-refractivity contribution < 1.29 is 0 Å². The molecule has 0 saturated heterocycles. The molecule has 0 bridgehead atoms. The second-order valence-corrected chi connectivity index (χ2v) is 5.72. The Morgan fingerprint density at radius 1 is 1.29 bits per heavy atom. The van der Waals surface area contributed by atoms with E-state index in [1.54, 1.807) is 0 Å². The molecule has 1 aliphatic rings. The molecule has 0 aliphatic carbocycles. The van der Waals surface area contributed by atoms with Crippen LogP contribution < -0.4 is 5.32 Å². The summed E-state index contributed by atoms with van der Waals surface area (Å²) < 4.78 is 0. The Labute approximate surface area is 106 Å². The molecule has 0 spiro atoms. The predicted octanol–water partition coefficient (Wildman–Crippen LogP) is 3.07. The highest BCUT2D eigenvalue weighted by Gasteiger charge is 2.16. The van der Waals surface area contributed by atoms with Gasteiger partial charge in [-0.3, -0.25) is 0 Å². The summed E-state index contributed by atoms with van der Waals surface area (Å²) in [4.78, 5) is 6.20. The van der Waals surface area contributed by atoms with E-state index in [4.69, 9.17) is 4.98 Å². The van der Waals surface area contributed by atoms with Gasteiger partial charge in [-0.2, -0.15) is 0 Å². The average Bonchev–Trinajstić information content (AvgIpc) is 2.72. The Kier molecular flexibility index (Phi) is 2.73. The van der Waals surface area contributed by atoms with Crippen molar-refractivity contribution in [1.82, 2.24) is 10.3 Å². The standard InChI is InChI=1S/C14H16N2S/c1-9-3-4-11(10(2)7-9)14-16-12-5-6-15-8-13(12)17-14/h3-4,7,15H,5-6,8H2,1-2H3. The van der Waals surface area contributed by atoms with E-state index in [0.717, 1.165) is 19.5 Å². The van der Waals surface area contributed by atoms with Crippen LogP contribution in [-0.2, 0) is 13.0 Å².